The summed E-state index contributed by atoms with van der Waals surface area (Å²) in [5.74, 6) is 0. The van der Waals surface area contributed by atoms with Gasteiger partial charge in [0.05, 0.1) is 6.10 Å². The van der Waals surface area contributed by atoms with Crippen LogP contribution in [0, 0.1) is 6.92 Å². The molecule has 3 N–H and O–H groups in total. The average Bonchev–Trinajstić information content (AvgIpc) is 2.65. The largest absolute Gasteiger partial charge is 0.390 e. The summed E-state index contributed by atoms with van der Waals surface area (Å²) in [6, 6.07) is 0. The second-order valence-electron chi connectivity index (χ2n) is 4.21. The highest BCUT2D eigenvalue weighted by molar-refractivity contribution is 5.02. The van der Waals surface area contributed by atoms with E-state index < -0.39 is 36.0 Å². The number of hydrogen-bond donors (Lipinski definition) is 3. The van der Waals surface area contributed by atoms with E-state index in [9.17, 15) is 19.1 Å². The summed E-state index contributed by atoms with van der Waals surface area (Å²) in [6.07, 6.45) is -4.63. The quantitative estimate of drug-likeness (QED) is 0.618. The number of aliphatic hydroxyl groups excluding tert-OH is 2. The smallest absolute Gasteiger partial charge is 0.330 e. The first kappa shape index (κ1) is 12.9. The predicted molar refractivity (Wildman–Crippen MR) is 57.7 cm³/mol. The number of rotatable bonds is 2. The molecule has 0 saturated carbocycles. The summed E-state index contributed by atoms with van der Waals surface area (Å²) in [5.41, 5.74) is -0.939. The fourth-order valence-electron chi connectivity index (χ4n) is 1.90. The fourth-order valence-corrected chi connectivity index (χ4v) is 1.90. The Balaban J connectivity index is 2.32. The maximum Gasteiger partial charge on any atom is 0.330 e. The van der Waals surface area contributed by atoms with E-state index in [4.69, 9.17) is 9.84 Å². The Morgan fingerprint density at radius 2 is 2.28 bits per heavy atom. The summed E-state index contributed by atoms with van der Waals surface area (Å²) >= 11 is 0. The Bertz CT molecular complexity index is 552. The molecule has 7 nitrogen and oxygen atoms in total. The van der Waals surface area contributed by atoms with Crippen molar-refractivity contribution in [3.05, 3.63) is 32.6 Å². The second-order valence-corrected chi connectivity index (χ2v) is 4.21. The number of nitrogens with one attached hydrogen (secondary N) is 1. The molecular weight excluding hydrogens is 247 g/mol. The molecule has 1 aliphatic heterocycles. The highest BCUT2D eigenvalue weighted by atomic mass is 19.1. The number of alkyl halides is 1. The molecule has 0 aliphatic carbocycles. The molecule has 1 aromatic rings. The van der Waals surface area contributed by atoms with Crippen molar-refractivity contribution in [2.24, 2.45) is 0 Å². The first-order valence-electron chi connectivity index (χ1n) is 5.38. The molecule has 1 unspecified atom stereocenters. The third kappa shape index (κ3) is 2.22. The third-order valence-electron chi connectivity index (χ3n) is 2.86. The maximum atomic E-state index is 12.7. The minimum Gasteiger partial charge on any atom is -0.390 e. The van der Waals surface area contributed by atoms with Gasteiger partial charge >= 0.3 is 5.69 Å². The molecule has 100 valence electrons. The molecule has 2 heterocycles. The molecule has 1 aromatic heterocycles. The van der Waals surface area contributed by atoms with Crippen LogP contribution in [0.5, 0.6) is 0 Å². The Morgan fingerprint density at radius 1 is 1.61 bits per heavy atom. The first-order valence-corrected chi connectivity index (χ1v) is 5.38. The molecule has 0 radical (unpaired) electrons. The van der Waals surface area contributed by atoms with Crippen LogP contribution in [0.15, 0.2) is 15.8 Å². The zero-order valence-corrected chi connectivity index (χ0v) is 9.54. The fraction of sp³-hybridized carbons (Fsp3) is 0.600. The summed E-state index contributed by atoms with van der Waals surface area (Å²) in [5, 5.41) is 18.3. The molecule has 1 saturated heterocycles. The lowest BCUT2D eigenvalue weighted by atomic mass is 10.2. The number of nitrogens with zero attached hydrogens (tertiary/aromatic N) is 1. The number of ether oxygens (including phenoxy) is 1. The summed E-state index contributed by atoms with van der Waals surface area (Å²) in [6.45, 7) is 1.50. The van der Waals surface area contributed by atoms with Crippen molar-refractivity contribution >= 4 is 0 Å². The highest BCUT2D eigenvalue weighted by Gasteiger charge is 2.40. The van der Waals surface area contributed by atoms with Gasteiger partial charge in [0.2, 0.25) is 6.36 Å². The number of aliphatic hydroxyl groups is 2. The standard InChI is InChI=1S/C10H13FN2O5/c1-4-3-13(10(17)12-9(4)16)6-2-5(14)7(18-6)8(11)15/h3,5-8,14-15H,2H2,1H3,(H,12,16,17)/t5-,6+,7-,8?/m0/s1. The topological polar surface area (TPSA) is 105 Å². The Labute approximate surface area is 100 Å². The van der Waals surface area contributed by atoms with E-state index in [1.807, 2.05) is 0 Å². The van der Waals surface area contributed by atoms with Crippen LogP contribution in [0.4, 0.5) is 4.39 Å². The Morgan fingerprint density at radius 3 is 2.83 bits per heavy atom. The second kappa shape index (κ2) is 4.63. The monoisotopic (exact) mass is 260 g/mol. The minimum atomic E-state index is -2.33. The van der Waals surface area contributed by atoms with E-state index in [1.165, 1.54) is 13.1 Å². The van der Waals surface area contributed by atoms with Crippen molar-refractivity contribution in [3.63, 3.8) is 0 Å². The van der Waals surface area contributed by atoms with Gasteiger partial charge in [0, 0.05) is 18.2 Å². The van der Waals surface area contributed by atoms with E-state index in [0.717, 1.165) is 4.57 Å². The molecule has 0 amide bonds. The van der Waals surface area contributed by atoms with Crippen molar-refractivity contribution in [3.8, 4) is 0 Å². The molecule has 0 spiro atoms. The van der Waals surface area contributed by atoms with Crippen LogP contribution in [-0.2, 0) is 4.74 Å². The zero-order chi connectivity index (χ0) is 13.4. The van der Waals surface area contributed by atoms with Crippen molar-refractivity contribution in [1.29, 1.82) is 0 Å². The predicted octanol–water partition coefficient (Wildman–Crippen LogP) is -1.22. The Kier molecular flexibility index (Phi) is 3.33. The number of aromatic amines is 1. The summed E-state index contributed by atoms with van der Waals surface area (Å²) in [7, 11) is 0. The number of halogens is 1. The number of hydrogen-bond acceptors (Lipinski definition) is 5. The van der Waals surface area contributed by atoms with Gasteiger partial charge in [-0.1, -0.05) is 0 Å². The van der Waals surface area contributed by atoms with Crippen LogP contribution < -0.4 is 11.2 Å². The van der Waals surface area contributed by atoms with Gasteiger partial charge in [-0.15, -0.1) is 0 Å². The van der Waals surface area contributed by atoms with Crippen LogP contribution in [0.1, 0.15) is 18.2 Å². The van der Waals surface area contributed by atoms with Crippen LogP contribution >= 0.6 is 0 Å². The van der Waals surface area contributed by atoms with E-state index in [0.29, 0.717) is 0 Å². The molecule has 8 heteroatoms. The van der Waals surface area contributed by atoms with Gasteiger partial charge in [0.1, 0.15) is 12.3 Å². The van der Waals surface area contributed by atoms with Crippen molar-refractivity contribution in [2.75, 3.05) is 0 Å². The molecule has 1 fully saturated rings. The molecule has 0 aromatic carbocycles. The van der Waals surface area contributed by atoms with Gasteiger partial charge in [-0.3, -0.25) is 14.3 Å². The van der Waals surface area contributed by atoms with Crippen LogP contribution in [0.25, 0.3) is 0 Å². The maximum absolute atomic E-state index is 12.7. The van der Waals surface area contributed by atoms with Gasteiger partial charge in [-0.2, -0.15) is 0 Å². The summed E-state index contributed by atoms with van der Waals surface area (Å²) in [4.78, 5) is 24.8. The van der Waals surface area contributed by atoms with Gasteiger partial charge in [-0.25, -0.2) is 9.18 Å². The van der Waals surface area contributed by atoms with Crippen LogP contribution in [-0.4, -0.2) is 38.3 Å². The van der Waals surface area contributed by atoms with E-state index in [1.54, 1.807) is 0 Å². The number of H-pyrrole nitrogens is 1. The van der Waals surface area contributed by atoms with Crippen molar-refractivity contribution in [2.45, 2.75) is 38.1 Å². The SMILES string of the molecule is Cc1cn([C@H]2C[C@H](O)[C@@H](C(O)F)O2)c(=O)[nH]c1=O. The lowest BCUT2D eigenvalue weighted by Gasteiger charge is -2.16. The molecule has 0 bridgehead atoms. The average molecular weight is 260 g/mol. The van der Waals surface area contributed by atoms with Crippen LogP contribution in [0.3, 0.4) is 0 Å². The van der Waals surface area contributed by atoms with Gasteiger partial charge in [0.15, 0.2) is 0 Å². The van der Waals surface area contributed by atoms with Crippen molar-refractivity contribution in [1.82, 2.24) is 9.55 Å². The third-order valence-corrected chi connectivity index (χ3v) is 2.86. The minimum absolute atomic E-state index is 0.0446. The van der Waals surface area contributed by atoms with Gasteiger partial charge < -0.3 is 14.9 Å². The van der Waals surface area contributed by atoms with E-state index >= 15 is 0 Å². The molecule has 1 aliphatic rings. The molecule has 18 heavy (non-hydrogen) atoms. The normalized spacial score (nSPS) is 29.4. The van der Waals surface area contributed by atoms with Crippen LogP contribution in [0.2, 0.25) is 0 Å². The highest BCUT2D eigenvalue weighted by Crippen LogP contribution is 2.29. The van der Waals surface area contributed by atoms with E-state index in [-0.39, 0.29) is 12.0 Å². The first-order chi connectivity index (χ1) is 8.40. The molecule has 2 rings (SSSR count). The van der Waals surface area contributed by atoms with Gasteiger partial charge in [0.25, 0.3) is 5.56 Å². The number of aromatic nitrogens is 2. The summed E-state index contributed by atoms with van der Waals surface area (Å²) < 4.78 is 18.8. The number of aryl methyl sites for hydroxylation is 1. The zero-order valence-electron chi connectivity index (χ0n) is 9.54. The van der Waals surface area contributed by atoms with E-state index in [2.05, 4.69) is 4.98 Å². The molecular formula is C10H13FN2O5. The Hall–Kier alpha value is -1.51. The lowest BCUT2D eigenvalue weighted by Crippen LogP contribution is -2.34. The lowest BCUT2D eigenvalue weighted by molar-refractivity contribution is -0.130. The molecule has 4 atom stereocenters. The van der Waals surface area contributed by atoms with Gasteiger partial charge in [-0.05, 0) is 6.92 Å². The van der Waals surface area contributed by atoms with Crippen molar-refractivity contribution < 1.29 is 19.3 Å².